The van der Waals surface area contributed by atoms with E-state index < -0.39 is 0 Å². The fraction of sp³-hybridized carbons (Fsp3) is 0.0833. The van der Waals surface area contributed by atoms with E-state index in [0.29, 0.717) is 6.54 Å². The van der Waals surface area contributed by atoms with Crippen LogP contribution in [0.25, 0.3) is 17.0 Å². The third-order valence-electron chi connectivity index (χ3n) is 2.72. The number of aromatic hydroxyl groups is 1. The Kier molecular flexibility index (Phi) is 1.51. The van der Waals surface area contributed by atoms with Crippen molar-refractivity contribution in [3.05, 3.63) is 46.3 Å². The van der Waals surface area contributed by atoms with Crippen molar-refractivity contribution in [3.8, 4) is 5.75 Å². The number of nitrogens with zero attached hydrogens (tertiary/aromatic N) is 1. The lowest BCUT2D eigenvalue weighted by Crippen LogP contribution is -2.20. The largest absolute Gasteiger partial charge is 0.507 e. The first-order valence-electron chi connectivity index (χ1n) is 4.79. The van der Waals surface area contributed by atoms with Crippen molar-refractivity contribution >= 4 is 17.0 Å². The summed E-state index contributed by atoms with van der Waals surface area (Å²) in [6.07, 6.45) is 3.92. The van der Waals surface area contributed by atoms with Gasteiger partial charge in [-0.1, -0.05) is 24.3 Å². The van der Waals surface area contributed by atoms with E-state index in [4.69, 9.17) is 0 Å². The van der Waals surface area contributed by atoms with Gasteiger partial charge in [-0.2, -0.15) is 0 Å². The van der Waals surface area contributed by atoms with Crippen LogP contribution in [-0.2, 0) is 6.54 Å². The van der Waals surface area contributed by atoms with Crippen LogP contribution in [0.2, 0.25) is 0 Å². The fourth-order valence-corrected chi connectivity index (χ4v) is 2.05. The summed E-state index contributed by atoms with van der Waals surface area (Å²) in [4.78, 5) is 11.6. The number of benzene rings is 1. The van der Waals surface area contributed by atoms with Crippen LogP contribution in [0.15, 0.2) is 35.1 Å². The van der Waals surface area contributed by atoms with E-state index in [9.17, 15) is 9.90 Å². The molecule has 0 fully saturated rings. The molecule has 0 amide bonds. The predicted molar refractivity (Wildman–Crippen MR) is 58.9 cm³/mol. The zero-order valence-electron chi connectivity index (χ0n) is 7.97. The molecule has 15 heavy (non-hydrogen) atoms. The molecule has 0 aliphatic carbocycles. The Morgan fingerprint density at radius 3 is 3.07 bits per heavy atom. The number of para-hydroxylation sites is 1. The highest BCUT2D eigenvalue weighted by Gasteiger charge is 2.12. The molecule has 2 aromatic rings. The zero-order valence-corrected chi connectivity index (χ0v) is 7.97. The van der Waals surface area contributed by atoms with Crippen molar-refractivity contribution in [2.24, 2.45) is 0 Å². The van der Waals surface area contributed by atoms with E-state index in [-0.39, 0.29) is 11.3 Å². The molecule has 3 rings (SSSR count). The maximum atomic E-state index is 11.6. The third-order valence-corrected chi connectivity index (χ3v) is 2.72. The van der Waals surface area contributed by atoms with Gasteiger partial charge >= 0.3 is 0 Å². The van der Waals surface area contributed by atoms with E-state index in [1.54, 1.807) is 4.57 Å². The van der Waals surface area contributed by atoms with E-state index in [1.807, 2.05) is 30.4 Å². The second-order valence-electron chi connectivity index (χ2n) is 3.62. The molecule has 2 heterocycles. The van der Waals surface area contributed by atoms with Crippen molar-refractivity contribution in [3.63, 3.8) is 0 Å². The van der Waals surface area contributed by atoms with Gasteiger partial charge in [-0.3, -0.25) is 4.79 Å². The summed E-state index contributed by atoms with van der Waals surface area (Å²) in [5, 5.41) is 10.4. The number of allylic oxidation sites excluding steroid dienone is 1. The van der Waals surface area contributed by atoms with E-state index in [2.05, 4.69) is 0 Å². The van der Waals surface area contributed by atoms with Gasteiger partial charge < -0.3 is 9.67 Å². The smallest absolute Gasteiger partial charge is 0.255 e. The van der Waals surface area contributed by atoms with Crippen LogP contribution in [0, 0.1) is 0 Å². The van der Waals surface area contributed by atoms with Gasteiger partial charge in [0.2, 0.25) is 0 Å². The van der Waals surface area contributed by atoms with Gasteiger partial charge in [-0.25, -0.2) is 0 Å². The minimum atomic E-state index is -0.156. The Balaban J connectivity index is 2.64. The number of rotatable bonds is 0. The van der Waals surface area contributed by atoms with Crippen molar-refractivity contribution in [1.29, 1.82) is 0 Å². The van der Waals surface area contributed by atoms with Gasteiger partial charge in [0.25, 0.3) is 5.56 Å². The second-order valence-corrected chi connectivity index (χ2v) is 3.62. The van der Waals surface area contributed by atoms with E-state index in [1.165, 1.54) is 6.07 Å². The molecule has 3 heteroatoms. The lowest BCUT2D eigenvalue weighted by molar-refractivity contribution is 0.479. The molecule has 1 aliphatic heterocycles. The molecule has 0 unspecified atom stereocenters. The standard InChI is InChI=1S/C12H9NO2/c14-10-7-11(15)13-6-2-4-8-3-1-5-9(10)12(8)13/h1-5,7,14H,6H2. The van der Waals surface area contributed by atoms with Crippen LogP contribution >= 0.6 is 0 Å². The molecule has 0 atom stereocenters. The Labute approximate surface area is 85.9 Å². The average Bonchev–Trinajstić information content (AvgIpc) is 2.25. The summed E-state index contributed by atoms with van der Waals surface area (Å²) in [5.74, 6) is 0.0587. The van der Waals surface area contributed by atoms with Crippen LogP contribution in [0.5, 0.6) is 5.75 Å². The van der Waals surface area contributed by atoms with Crippen LogP contribution in [0.1, 0.15) is 5.56 Å². The first-order chi connectivity index (χ1) is 7.27. The molecule has 0 saturated heterocycles. The monoisotopic (exact) mass is 199 g/mol. The summed E-state index contributed by atoms with van der Waals surface area (Å²) in [6, 6.07) is 6.91. The van der Waals surface area contributed by atoms with Crippen LogP contribution in [0.3, 0.4) is 0 Å². The Morgan fingerprint density at radius 2 is 2.20 bits per heavy atom. The van der Waals surface area contributed by atoms with Gasteiger partial charge in [0.15, 0.2) is 0 Å². The lowest BCUT2D eigenvalue weighted by atomic mass is 10.1. The highest BCUT2D eigenvalue weighted by Crippen LogP contribution is 2.27. The molecule has 0 bridgehead atoms. The fourth-order valence-electron chi connectivity index (χ4n) is 2.05. The SMILES string of the molecule is O=c1cc(O)c2cccc3c2n1CC=C3. The topological polar surface area (TPSA) is 42.2 Å². The number of hydrogen-bond donors (Lipinski definition) is 1. The Bertz CT molecular complexity index is 638. The molecule has 0 radical (unpaired) electrons. The minimum absolute atomic E-state index is 0.0587. The van der Waals surface area contributed by atoms with Gasteiger partial charge in [0.05, 0.1) is 5.52 Å². The normalized spacial score (nSPS) is 13.3. The van der Waals surface area contributed by atoms with Crippen LogP contribution in [-0.4, -0.2) is 9.67 Å². The molecule has 1 aromatic carbocycles. The Morgan fingerprint density at radius 1 is 1.33 bits per heavy atom. The number of pyridine rings is 1. The number of hydrogen-bond acceptors (Lipinski definition) is 2. The summed E-state index contributed by atoms with van der Waals surface area (Å²) in [6.45, 7) is 0.576. The highest BCUT2D eigenvalue weighted by molar-refractivity contribution is 5.92. The van der Waals surface area contributed by atoms with Crippen LogP contribution < -0.4 is 5.56 Å². The molecule has 1 N–H and O–H groups in total. The maximum Gasteiger partial charge on any atom is 0.255 e. The number of aromatic nitrogens is 1. The average molecular weight is 199 g/mol. The summed E-state index contributed by atoms with van der Waals surface area (Å²) in [5.41, 5.74) is 1.65. The second kappa shape index (κ2) is 2.73. The highest BCUT2D eigenvalue weighted by atomic mass is 16.3. The van der Waals surface area contributed by atoms with Crippen molar-refractivity contribution in [2.45, 2.75) is 6.54 Å². The van der Waals surface area contributed by atoms with Gasteiger partial charge in [0, 0.05) is 18.0 Å². The minimum Gasteiger partial charge on any atom is -0.507 e. The molecule has 3 nitrogen and oxygen atoms in total. The van der Waals surface area contributed by atoms with Gasteiger partial charge in [-0.15, -0.1) is 0 Å². The van der Waals surface area contributed by atoms with Crippen LogP contribution in [0.4, 0.5) is 0 Å². The molecular weight excluding hydrogens is 190 g/mol. The first-order valence-corrected chi connectivity index (χ1v) is 4.79. The molecule has 0 saturated carbocycles. The lowest BCUT2D eigenvalue weighted by Gasteiger charge is -2.15. The van der Waals surface area contributed by atoms with Crippen molar-refractivity contribution in [2.75, 3.05) is 0 Å². The summed E-state index contributed by atoms with van der Waals surface area (Å²) >= 11 is 0. The van der Waals surface area contributed by atoms with Crippen molar-refractivity contribution < 1.29 is 5.11 Å². The van der Waals surface area contributed by atoms with Gasteiger partial charge in [0.1, 0.15) is 5.75 Å². The third kappa shape index (κ3) is 1.03. The Hall–Kier alpha value is -2.03. The molecule has 74 valence electrons. The summed E-state index contributed by atoms with van der Waals surface area (Å²) in [7, 11) is 0. The van der Waals surface area contributed by atoms with Crippen molar-refractivity contribution in [1.82, 2.24) is 4.57 Å². The molecule has 1 aromatic heterocycles. The van der Waals surface area contributed by atoms with Gasteiger partial charge in [-0.05, 0) is 11.6 Å². The van der Waals surface area contributed by atoms with E-state index in [0.717, 1.165) is 16.5 Å². The quantitative estimate of drug-likeness (QED) is 0.702. The first kappa shape index (κ1) is 8.29. The maximum absolute atomic E-state index is 11.6. The zero-order chi connectivity index (χ0) is 10.4. The predicted octanol–water partition coefficient (Wildman–Crippen LogP) is 1.73. The molecule has 0 spiro atoms. The molecule has 1 aliphatic rings. The molecular formula is C12H9NO2. The van der Waals surface area contributed by atoms with E-state index >= 15 is 0 Å². The summed E-state index contributed by atoms with van der Waals surface area (Å²) < 4.78 is 1.67.